The van der Waals surface area contributed by atoms with Crippen LogP contribution >= 0.6 is 11.3 Å². The Bertz CT molecular complexity index is 1200. The molecule has 0 aliphatic carbocycles. The molecule has 2 aromatic carbocycles. The van der Waals surface area contributed by atoms with Gasteiger partial charge in [-0.15, -0.1) is 11.3 Å². The van der Waals surface area contributed by atoms with Gasteiger partial charge < -0.3 is 14.6 Å². The number of benzene rings is 2. The molecule has 0 saturated carbocycles. The Labute approximate surface area is 191 Å². The first-order valence-corrected chi connectivity index (χ1v) is 11.8. The van der Waals surface area contributed by atoms with Crippen LogP contribution in [0.3, 0.4) is 0 Å². The quantitative estimate of drug-likeness (QED) is 0.431. The molecule has 1 saturated heterocycles. The third kappa shape index (κ3) is 4.00. The van der Waals surface area contributed by atoms with E-state index >= 15 is 0 Å². The number of nitrogens with zero attached hydrogens (tertiary/aromatic N) is 3. The van der Waals surface area contributed by atoms with E-state index in [1.54, 1.807) is 11.3 Å². The van der Waals surface area contributed by atoms with Crippen molar-refractivity contribution in [1.29, 1.82) is 0 Å². The summed E-state index contributed by atoms with van der Waals surface area (Å²) < 4.78 is 5.82. The lowest BCUT2D eigenvalue weighted by molar-refractivity contribution is 0.0534. The lowest BCUT2D eigenvalue weighted by atomic mass is 9.90. The number of carbonyl (C=O) groups excluding carboxylic acids is 1. The van der Waals surface area contributed by atoms with Crippen molar-refractivity contribution in [2.75, 3.05) is 18.4 Å². The van der Waals surface area contributed by atoms with Gasteiger partial charge in [-0.2, -0.15) is 4.98 Å². The second-order valence-corrected chi connectivity index (χ2v) is 9.53. The topological polar surface area (TPSA) is 71.3 Å². The third-order valence-corrected chi connectivity index (χ3v) is 7.13. The first-order valence-electron chi connectivity index (χ1n) is 11.0. The lowest BCUT2D eigenvalue weighted by Gasteiger charge is -2.39. The predicted octanol–water partition coefficient (Wildman–Crippen LogP) is 5.61. The van der Waals surface area contributed by atoms with E-state index in [9.17, 15) is 4.79 Å². The van der Waals surface area contributed by atoms with Gasteiger partial charge in [0.25, 0.3) is 11.9 Å². The van der Waals surface area contributed by atoms with E-state index in [0.717, 1.165) is 45.9 Å². The number of amides is 1. The molecule has 7 heteroatoms. The van der Waals surface area contributed by atoms with Gasteiger partial charge in [-0.25, -0.2) is 4.98 Å². The molecule has 1 aliphatic heterocycles. The second kappa shape index (κ2) is 8.74. The molecule has 1 unspecified atom stereocenters. The standard InChI is InChI=1S/C25H26N4O2S/c1-16-9-8-14-29(20(16)15-26-25-28-19-12-6-7-13-21(19)31-25)24(30)22-23(32-17(2)27-22)18-10-4-3-5-11-18/h3-7,10-13,16,20H,8-9,14-15H2,1-2H3,(H,26,28)/t16-,20?/m1/s1. The molecule has 1 fully saturated rings. The highest BCUT2D eigenvalue weighted by molar-refractivity contribution is 7.15. The van der Waals surface area contributed by atoms with Crippen molar-refractivity contribution in [2.45, 2.75) is 32.7 Å². The van der Waals surface area contributed by atoms with Crippen molar-refractivity contribution in [1.82, 2.24) is 14.9 Å². The van der Waals surface area contributed by atoms with Crippen LogP contribution in [0.2, 0.25) is 0 Å². The molecule has 2 aromatic heterocycles. The molecular formula is C25H26N4O2S. The molecule has 1 aliphatic rings. The van der Waals surface area contributed by atoms with E-state index in [1.807, 2.05) is 66.4 Å². The molecule has 0 radical (unpaired) electrons. The zero-order chi connectivity index (χ0) is 22.1. The van der Waals surface area contributed by atoms with E-state index in [4.69, 9.17) is 4.42 Å². The summed E-state index contributed by atoms with van der Waals surface area (Å²) in [5.41, 5.74) is 3.17. The van der Waals surface area contributed by atoms with Gasteiger partial charge in [-0.3, -0.25) is 4.79 Å². The number of oxazole rings is 1. The number of hydrogen-bond acceptors (Lipinski definition) is 6. The zero-order valence-corrected chi connectivity index (χ0v) is 19.1. The Morgan fingerprint density at radius 2 is 1.94 bits per heavy atom. The maximum Gasteiger partial charge on any atom is 0.295 e. The van der Waals surface area contributed by atoms with Crippen molar-refractivity contribution in [2.24, 2.45) is 5.92 Å². The number of likely N-dealkylation sites (tertiary alicyclic amines) is 1. The molecule has 32 heavy (non-hydrogen) atoms. The Morgan fingerprint density at radius 3 is 2.75 bits per heavy atom. The van der Waals surface area contributed by atoms with Gasteiger partial charge in [-0.1, -0.05) is 49.4 Å². The highest BCUT2D eigenvalue weighted by Crippen LogP contribution is 2.33. The van der Waals surface area contributed by atoms with Crippen LogP contribution in [-0.2, 0) is 0 Å². The lowest BCUT2D eigenvalue weighted by Crippen LogP contribution is -2.51. The number of aromatic nitrogens is 2. The van der Waals surface area contributed by atoms with Crippen LogP contribution < -0.4 is 5.32 Å². The number of hydrogen-bond donors (Lipinski definition) is 1. The van der Waals surface area contributed by atoms with Gasteiger partial charge in [0.05, 0.1) is 15.9 Å². The van der Waals surface area contributed by atoms with Gasteiger partial charge >= 0.3 is 0 Å². The maximum absolute atomic E-state index is 13.7. The number of fused-ring (bicyclic) bond motifs is 1. The number of rotatable bonds is 5. The number of thiazole rings is 1. The predicted molar refractivity (Wildman–Crippen MR) is 128 cm³/mol. The van der Waals surface area contributed by atoms with Crippen LogP contribution in [0.5, 0.6) is 0 Å². The zero-order valence-electron chi connectivity index (χ0n) is 18.2. The van der Waals surface area contributed by atoms with Crippen LogP contribution in [0.15, 0.2) is 59.0 Å². The first-order chi connectivity index (χ1) is 15.6. The number of anilines is 1. The van der Waals surface area contributed by atoms with E-state index in [-0.39, 0.29) is 11.9 Å². The van der Waals surface area contributed by atoms with Crippen LogP contribution in [0.4, 0.5) is 6.01 Å². The van der Waals surface area contributed by atoms with Crippen molar-refractivity contribution >= 4 is 34.4 Å². The van der Waals surface area contributed by atoms with E-state index in [0.29, 0.717) is 24.2 Å². The Hall–Kier alpha value is -3.19. The normalized spacial score (nSPS) is 18.8. The van der Waals surface area contributed by atoms with Gasteiger partial charge in [-0.05, 0) is 43.4 Å². The van der Waals surface area contributed by atoms with Crippen molar-refractivity contribution in [3.8, 4) is 10.4 Å². The van der Waals surface area contributed by atoms with Crippen molar-refractivity contribution in [3.05, 3.63) is 65.3 Å². The Balaban J connectivity index is 1.39. The van der Waals surface area contributed by atoms with E-state index in [1.165, 1.54) is 0 Å². The molecule has 4 aromatic rings. The average molecular weight is 447 g/mol. The summed E-state index contributed by atoms with van der Waals surface area (Å²) in [5.74, 6) is 0.369. The van der Waals surface area contributed by atoms with Crippen molar-refractivity contribution < 1.29 is 9.21 Å². The number of nitrogens with one attached hydrogen (secondary N) is 1. The summed E-state index contributed by atoms with van der Waals surface area (Å²) >= 11 is 1.58. The van der Waals surface area contributed by atoms with Gasteiger partial charge in [0.1, 0.15) is 11.2 Å². The second-order valence-electron chi connectivity index (χ2n) is 8.33. The minimum Gasteiger partial charge on any atom is -0.424 e. The third-order valence-electron chi connectivity index (χ3n) is 6.11. The van der Waals surface area contributed by atoms with Crippen LogP contribution in [0.25, 0.3) is 21.5 Å². The molecule has 6 nitrogen and oxygen atoms in total. The molecular weight excluding hydrogens is 420 g/mol. The van der Waals surface area contributed by atoms with Crippen LogP contribution in [0.1, 0.15) is 35.3 Å². The van der Waals surface area contributed by atoms with Gasteiger partial charge in [0, 0.05) is 13.1 Å². The molecule has 0 bridgehead atoms. The maximum atomic E-state index is 13.7. The molecule has 3 heterocycles. The number of piperidine rings is 1. The van der Waals surface area contributed by atoms with Gasteiger partial charge in [0.15, 0.2) is 5.58 Å². The molecule has 1 amide bonds. The largest absolute Gasteiger partial charge is 0.424 e. The summed E-state index contributed by atoms with van der Waals surface area (Å²) in [6, 6.07) is 18.3. The Kier molecular flexibility index (Phi) is 5.66. The Morgan fingerprint density at radius 1 is 1.16 bits per heavy atom. The summed E-state index contributed by atoms with van der Waals surface area (Å²) in [7, 11) is 0. The van der Waals surface area contributed by atoms with Crippen molar-refractivity contribution in [3.63, 3.8) is 0 Å². The fraction of sp³-hybridized carbons (Fsp3) is 0.320. The number of carbonyl (C=O) groups is 1. The van der Waals surface area contributed by atoms with Crippen LogP contribution in [0, 0.1) is 12.8 Å². The van der Waals surface area contributed by atoms with E-state index in [2.05, 4.69) is 22.2 Å². The van der Waals surface area contributed by atoms with E-state index < -0.39 is 0 Å². The summed E-state index contributed by atoms with van der Waals surface area (Å²) in [5, 5.41) is 4.23. The SMILES string of the molecule is Cc1nc(C(=O)N2CCC[C@@H](C)C2CNc2nc3ccccc3o2)c(-c2ccccc2)s1. The number of para-hydroxylation sites is 2. The average Bonchev–Trinajstić information content (AvgIpc) is 3.41. The van der Waals surface area contributed by atoms with Gasteiger partial charge in [0.2, 0.25) is 0 Å². The summed E-state index contributed by atoms with van der Waals surface area (Å²) in [6.45, 7) is 5.48. The van der Waals surface area contributed by atoms with Crippen LogP contribution in [-0.4, -0.2) is 39.9 Å². The highest BCUT2D eigenvalue weighted by atomic mass is 32.1. The molecule has 164 valence electrons. The molecule has 1 N–H and O–H groups in total. The first kappa shape index (κ1) is 20.7. The number of aryl methyl sites for hydroxylation is 1. The fourth-order valence-corrected chi connectivity index (χ4v) is 5.36. The summed E-state index contributed by atoms with van der Waals surface area (Å²) in [6.07, 6.45) is 2.08. The molecule has 5 rings (SSSR count). The molecule has 0 spiro atoms. The summed E-state index contributed by atoms with van der Waals surface area (Å²) in [4.78, 5) is 25.8. The minimum absolute atomic E-state index is 0.00381. The smallest absolute Gasteiger partial charge is 0.295 e. The monoisotopic (exact) mass is 446 g/mol. The fourth-order valence-electron chi connectivity index (χ4n) is 4.45. The molecule has 2 atom stereocenters. The highest BCUT2D eigenvalue weighted by Gasteiger charge is 2.34. The minimum atomic E-state index is 0.00381.